The molecule has 0 saturated carbocycles. The number of benzene rings is 4. The summed E-state index contributed by atoms with van der Waals surface area (Å²) >= 11 is 1.72. The summed E-state index contributed by atoms with van der Waals surface area (Å²) in [5.74, 6) is 0. The van der Waals surface area contributed by atoms with Crippen molar-refractivity contribution in [1.82, 2.24) is 0 Å². The van der Waals surface area contributed by atoms with Gasteiger partial charge < -0.3 is 0 Å². The second-order valence-electron chi connectivity index (χ2n) is 7.76. The Balaban J connectivity index is 1.79. The van der Waals surface area contributed by atoms with Crippen molar-refractivity contribution in [2.75, 3.05) is 0 Å². The fraction of sp³-hybridized carbons (Fsp3) is 0.192. The lowest BCUT2D eigenvalue weighted by atomic mass is 10.0. The Morgan fingerprint density at radius 2 is 1.50 bits per heavy atom. The number of hydrogen-bond acceptors (Lipinski definition) is 2. The minimum Gasteiger partial charge on any atom is -0.289 e. The average Bonchev–Trinajstić information content (AvgIpc) is 2.70. The predicted molar refractivity (Wildman–Crippen MR) is 124 cm³/mol. The number of fused-ring (bicyclic) bond motifs is 4. The highest BCUT2D eigenvalue weighted by Gasteiger charge is 2.09. The summed E-state index contributed by atoms with van der Waals surface area (Å²) in [6.07, 6.45) is 3.37. The first-order valence-corrected chi connectivity index (χ1v) is 10.8. The minimum atomic E-state index is 0.160. The van der Waals surface area contributed by atoms with Gasteiger partial charge in [0.2, 0.25) is 0 Å². The standard InChI is InChI=1S/C26H22OS/c1-3-4-5-17-7-9-24-22(11-17)26(27)23-14-20-13-19-10-16(2)6-8-18(19)12-21(20)15-25(23)28-24/h6-15H,3-5H2,1-2H3. The third-order valence-electron chi connectivity index (χ3n) is 5.62. The molecule has 1 heterocycles. The van der Waals surface area contributed by atoms with Gasteiger partial charge in [-0.1, -0.05) is 43.2 Å². The van der Waals surface area contributed by atoms with E-state index in [1.165, 1.54) is 33.7 Å². The molecule has 28 heavy (non-hydrogen) atoms. The highest BCUT2D eigenvalue weighted by Crippen LogP contribution is 2.31. The van der Waals surface area contributed by atoms with Gasteiger partial charge in [-0.25, -0.2) is 0 Å². The van der Waals surface area contributed by atoms with Crippen LogP contribution in [0.3, 0.4) is 0 Å². The Kier molecular flexibility index (Phi) is 4.17. The number of aryl methyl sites for hydroxylation is 2. The Hall–Kier alpha value is -2.71. The smallest absolute Gasteiger partial charge is 0.195 e. The third-order valence-corrected chi connectivity index (χ3v) is 6.76. The molecule has 5 aromatic rings. The molecule has 0 aliphatic carbocycles. The Morgan fingerprint density at radius 1 is 0.750 bits per heavy atom. The maximum absolute atomic E-state index is 13.3. The van der Waals surface area contributed by atoms with Gasteiger partial charge in [0.15, 0.2) is 5.43 Å². The van der Waals surface area contributed by atoms with Crippen molar-refractivity contribution >= 4 is 53.1 Å². The summed E-state index contributed by atoms with van der Waals surface area (Å²) in [5.41, 5.74) is 2.68. The molecule has 138 valence electrons. The average molecular weight is 383 g/mol. The second-order valence-corrected chi connectivity index (χ2v) is 8.85. The fourth-order valence-corrected chi connectivity index (χ4v) is 5.14. The quantitative estimate of drug-likeness (QED) is 0.298. The zero-order valence-corrected chi connectivity index (χ0v) is 17.0. The van der Waals surface area contributed by atoms with E-state index < -0.39 is 0 Å². The van der Waals surface area contributed by atoms with Gasteiger partial charge in [-0.3, -0.25) is 4.79 Å². The molecule has 4 aromatic carbocycles. The summed E-state index contributed by atoms with van der Waals surface area (Å²) in [4.78, 5) is 13.3. The molecule has 0 radical (unpaired) electrons. The Morgan fingerprint density at radius 3 is 2.36 bits per heavy atom. The third kappa shape index (κ3) is 2.89. The zero-order valence-electron chi connectivity index (χ0n) is 16.2. The van der Waals surface area contributed by atoms with E-state index in [1.807, 2.05) is 0 Å². The van der Waals surface area contributed by atoms with Crippen molar-refractivity contribution in [2.45, 2.75) is 33.1 Å². The van der Waals surface area contributed by atoms with Gasteiger partial charge in [0, 0.05) is 20.2 Å². The van der Waals surface area contributed by atoms with E-state index in [4.69, 9.17) is 0 Å². The molecule has 0 bridgehead atoms. The first kappa shape index (κ1) is 17.4. The summed E-state index contributed by atoms with van der Waals surface area (Å²) < 4.78 is 2.14. The largest absolute Gasteiger partial charge is 0.289 e. The van der Waals surface area contributed by atoms with Crippen LogP contribution in [0.1, 0.15) is 30.9 Å². The minimum absolute atomic E-state index is 0.160. The summed E-state index contributed by atoms with van der Waals surface area (Å²) in [6.45, 7) is 4.32. The van der Waals surface area contributed by atoms with Crippen LogP contribution in [0.4, 0.5) is 0 Å². The molecule has 0 aliphatic heterocycles. The maximum Gasteiger partial charge on any atom is 0.195 e. The van der Waals surface area contributed by atoms with Crippen LogP contribution in [-0.2, 0) is 6.42 Å². The van der Waals surface area contributed by atoms with Crippen molar-refractivity contribution in [3.05, 3.63) is 82.0 Å². The second kappa shape index (κ2) is 6.72. The van der Waals surface area contributed by atoms with Crippen LogP contribution >= 0.6 is 11.3 Å². The molecule has 0 spiro atoms. The molecule has 1 aromatic heterocycles. The normalized spacial score (nSPS) is 11.8. The molecule has 1 nitrogen and oxygen atoms in total. The van der Waals surface area contributed by atoms with E-state index in [9.17, 15) is 4.79 Å². The van der Waals surface area contributed by atoms with E-state index in [-0.39, 0.29) is 5.43 Å². The lowest BCUT2D eigenvalue weighted by Crippen LogP contribution is -2.02. The number of hydrogen-bond donors (Lipinski definition) is 0. The Bertz CT molecular complexity index is 1430. The van der Waals surface area contributed by atoms with Gasteiger partial charge in [0.05, 0.1) is 0 Å². The lowest BCUT2D eigenvalue weighted by molar-refractivity contribution is 0.796. The monoisotopic (exact) mass is 382 g/mol. The van der Waals surface area contributed by atoms with Crippen LogP contribution in [0, 0.1) is 6.92 Å². The highest BCUT2D eigenvalue weighted by atomic mass is 32.1. The molecule has 0 aliphatic rings. The Labute approximate surface area is 168 Å². The maximum atomic E-state index is 13.3. The van der Waals surface area contributed by atoms with Crippen molar-refractivity contribution < 1.29 is 0 Å². The van der Waals surface area contributed by atoms with Gasteiger partial charge in [-0.05, 0) is 83.3 Å². The molecule has 5 rings (SSSR count). The highest BCUT2D eigenvalue weighted by molar-refractivity contribution is 7.24. The molecule has 0 fully saturated rings. The van der Waals surface area contributed by atoms with E-state index >= 15 is 0 Å². The summed E-state index contributed by atoms with van der Waals surface area (Å²) in [7, 11) is 0. The van der Waals surface area contributed by atoms with Crippen molar-refractivity contribution in [3.63, 3.8) is 0 Å². The lowest BCUT2D eigenvalue weighted by Gasteiger charge is -2.07. The predicted octanol–water partition coefficient (Wildman–Crippen LogP) is 7.37. The van der Waals surface area contributed by atoms with Crippen LogP contribution in [0.25, 0.3) is 41.7 Å². The van der Waals surface area contributed by atoms with Crippen molar-refractivity contribution in [3.8, 4) is 0 Å². The van der Waals surface area contributed by atoms with Gasteiger partial charge in [-0.2, -0.15) is 0 Å². The van der Waals surface area contributed by atoms with Gasteiger partial charge in [0.1, 0.15) is 0 Å². The number of rotatable bonds is 3. The fourth-order valence-electron chi connectivity index (χ4n) is 4.05. The molecular weight excluding hydrogens is 360 g/mol. The van der Waals surface area contributed by atoms with Gasteiger partial charge in [-0.15, -0.1) is 11.3 Å². The van der Waals surface area contributed by atoms with E-state index in [1.54, 1.807) is 11.3 Å². The zero-order chi connectivity index (χ0) is 19.3. The van der Waals surface area contributed by atoms with Crippen molar-refractivity contribution in [2.24, 2.45) is 0 Å². The van der Waals surface area contributed by atoms with Gasteiger partial charge >= 0.3 is 0 Å². The topological polar surface area (TPSA) is 17.1 Å². The van der Waals surface area contributed by atoms with Gasteiger partial charge in [0.25, 0.3) is 0 Å². The van der Waals surface area contributed by atoms with Crippen LogP contribution in [0.5, 0.6) is 0 Å². The SMILES string of the molecule is CCCCc1ccc2sc3cc4cc5ccc(C)cc5cc4cc3c(=O)c2c1. The molecular formula is C26H22OS. The van der Waals surface area contributed by atoms with Crippen LogP contribution in [0.2, 0.25) is 0 Å². The summed E-state index contributed by atoms with van der Waals surface area (Å²) in [6, 6.07) is 21.7. The van der Waals surface area contributed by atoms with E-state index in [2.05, 4.69) is 74.5 Å². The summed E-state index contributed by atoms with van der Waals surface area (Å²) in [5, 5.41) is 6.50. The first-order valence-electron chi connectivity index (χ1n) is 9.96. The molecule has 0 saturated heterocycles. The molecule has 0 unspecified atom stereocenters. The first-order chi connectivity index (χ1) is 13.6. The molecule has 2 heteroatoms. The molecule has 0 N–H and O–H groups in total. The molecule has 0 atom stereocenters. The van der Waals surface area contributed by atoms with Crippen molar-refractivity contribution in [1.29, 1.82) is 0 Å². The van der Waals surface area contributed by atoms with Crippen LogP contribution in [0.15, 0.2) is 65.5 Å². The van der Waals surface area contributed by atoms with Crippen LogP contribution in [-0.4, -0.2) is 0 Å². The van der Waals surface area contributed by atoms with E-state index in [0.717, 1.165) is 38.4 Å². The number of unbranched alkanes of at least 4 members (excludes halogenated alkanes) is 1. The van der Waals surface area contributed by atoms with E-state index in [0.29, 0.717) is 0 Å². The molecule has 0 amide bonds. The van der Waals surface area contributed by atoms with Crippen LogP contribution < -0.4 is 5.43 Å².